The summed E-state index contributed by atoms with van der Waals surface area (Å²) in [6.45, 7) is 4.70. The van der Waals surface area contributed by atoms with Crippen molar-refractivity contribution in [3.8, 4) is 0 Å². The second-order valence-corrected chi connectivity index (χ2v) is 8.41. The highest BCUT2D eigenvalue weighted by molar-refractivity contribution is 5.43. The van der Waals surface area contributed by atoms with Crippen LogP contribution < -0.4 is 10.2 Å². The molecular formula is C21H35N5. The average Bonchev–Trinajstić information content (AvgIpc) is 2.99. The number of rotatable bonds is 4. The lowest BCUT2D eigenvalue weighted by atomic mass is 9.92. The van der Waals surface area contributed by atoms with Gasteiger partial charge < -0.3 is 10.2 Å². The molecule has 0 aromatic carbocycles. The summed E-state index contributed by atoms with van der Waals surface area (Å²) < 4.78 is 0. The molecule has 1 saturated carbocycles. The van der Waals surface area contributed by atoms with E-state index in [9.17, 15) is 0 Å². The third-order valence-corrected chi connectivity index (χ3v) is 6.45. The first-order chi connectivity index (χ1) is 12.9. The lowest BCUT2D eigenvalue weighted by Gasteiger charge is -2.40. The van der Waals surface area contributed by atoms with Crippen molar-refractivity contribution in [2.75, 3.05) is 36.4 Å². The molecule has 1 atom stereocenters. The molecule has 1 aromatic rings. The summed E-state index contributed by atoms with van der Waals surface area (Å²) in [5.74, 6) is 1.92. The molecule has 2 aliphatic heterocycles. The van der Waals surface area contributed by atoms with Gasteiger partial charge in [0.15, 0.2) is 0 Å². The van der Waals surface area contributed by atoms with Gasteiger partial charge in [-0.15, -0.1) is 0 Å². The van der Waals surface area contributed by atoms with E-state index in [0.717, 1.165) is 37.4 Å². The van der Waals surface area contributed by atoms with Crippen molar-refractivity contribution in [1.82, 2.24) is 14.9 Å². The molecule has 2 saturated heterocycles. The van der Waals surface area contributed by atoms with Crippen LogP contribution in [0.5, 0.6) is 0 Å². The maximum absolute atomic E-state index is 4.85. The minimum absolute atomic E-state index is 0.491. The minimum Gasteiger partial charge on any atom is -0.356 e. The third-order valence-electron chi connectivity index (χ3n) is 6.45. The molecule has 5 heteroatoms. The van der Waals surface area contributed by atoms with E-state index in [1.807, 2.05) is 6.20 Å². The molecule has 0 unspecified atom stereocenters. The van der Waals surface area contributed by atoms with Crippen molar-refractivity contribution >= 4 is 11.8 Å². The zero-order chi connectivity index (χ0) is 17.6. The van der Waals surface area contributed by atoms with Crippen LogP contribution in [0, 0.1) is 0 Å². The van der Waals surface area contributed by atoms with Gasteiger partial charge >= 0.3 is 0 Å². The second kappa shape index (κ2) is 9.03. The minimum atomic E-state index is 0.491. The van der Waals surface area contributed by atoms with Gasteiger partial charge in [-0.2, -0.15) is 4.98 Å². The number of hydrogen-bond donors (Lipinski definition) is 1. The Hall–Kier alpha value is -1.36. The Kier molecular flexibility index (Phi) is 6.26. The van der Waals surface area contributed by atoms with Crippen molar-refractivity contribution in [3.63, 3.8) is 0 Å². The van der Waals surface area contributed by atoms with Gasteiger partial charge in [0.1, 0.15) is 5.82 Å². The maximum Gasteiger partial charge on any atom is 0.224 e. The molecule has 3 aliphatic rings. The Balaban J connectivity index is 1.36. The summed E-state index contributed by atoms with van der Waals surface area (Å²) in [6, 6.07) is 3.38. The van der Waals surface area contributed by atoms with Crippen LogP contribution in [-0.4, -0.2) is 53.1 Å². The first kappa shape index (κ1) is 18.0. The molecule has 0 spiro atoms. The van der Waals surface area contributed by atoms with Crippen LogP contribution in [0.1, 0.15) is 70.6 Å². The molecule has 0 amide bonds. The second-order valence-electron chi connectivity index (χ2n) is 8.41. The molecule has 4 rings (SSSR count). The van der Waals surface area contributed by atoms with E-state index >= 15 is 0 Å². The fraction of sp³-hybridized carbons (Fsp3) is 0.810. The number of nitrogens with one attached hydrogen (secondary N) is 1. The van der Waals surface area contributed by atoms with E-state index in [1.54, 1.807) is 0 Å². The van der Waals surface area contributed by atoms with Gasteiger partial charge in [-0.05, 0) is 51.1 Å². The average molecular weight is 358 g/mol. The molecule has 3 fully saturated rings. The van der Waals surface area contributed by atoms with Crippen LogP contribution >= 0.6 is 0 Å². The number of hydrogen-bond acceptors (Lipinski definition) is 5. The molecule has 3 heterocycles. The lowest BCUT2D eigenvalue weighted by Crippen LogP contribution is -2.47. The smallest absolute Gasteiger partial charge is 0.224 e. The van der Waals surface area contributed by atoms with Crippen molar-refractivity contribution in [1.29, 1.82) is 0 Å². The molecular weight excluding hydrogens is 322 g/mol. The number of likely N-dealkylation sites (tertiary alicyclic amines) is 1. The van der Waals surface area contributed by atoms with Gasteiger partial charge in [0.2, 0.25) is 5.95 Å². The SMILES string of the molecule is c1cc(N2CCCCCC2)nc(N[C@@H]2CCCN(C3CCCCC3)C2)n1. The lowest BCUT2D eigenvalue weighted by molar-refractivity contribution is 0.124. The molecule has 1 aromatic heterocycles. The van der Waals surface area contributed by atoms with E-state index in [4.69, 9.17) is 4.98 Å². The Morgan fingerprint density at radius 2 is 1.62 bits per heavy atom. The zero-order valence-corrected chi connectivity index (χ0v) is 16.2. The summed E-state index contributed by atoms with van der Waals surface area (Å²) in [5.41, 5.74) is 0. The van der Waals surface area contributed by atoms with E-state index in [1.165, 1.54) is 77.2 Å². The Morgan fingerprint density at radius 3 is 2.42 bits per heavy atom. The highest BCUT2D eigenvalue weighted by atomic mass is 15.2. The first-order valence-electron chi connectivity index (χ1n) is 11.0. The highest BCUT2D eigenvalue weighted by Gasteiger charge is 2.27. The van der Waals surface area contributed by atoms with Gasteiger partial charge in [-0.3, -0.25) is 4.90 Å². The molecule has 0 radical (unpaired) electrons. The summed E-state index contributed by atoms with van der Waals surface area (Å²) in [4.78, 5) is 14.6. The largest absolute Gasteiger partial charge is 0.356 e. The van der Waals surface area contributed by atoms with E-state index < -0.39 is 0 Å². The standard InChI is InChI=1S/C21H35N5/c1-2-7-15-25(14-6-1)20-12-13-22-21(24-20)23-18-9-8-16-26(17-18)19-10-4-3-5-11-19/h12-13,18-19H,1-11,14-17H2,(H,22,23,24)/t18-/m1/s1. The fourth-order valence-corrected chi connectivity index (χ4v) is 4.98. The normalized spacial score (nSPS) is 26.5. The van der Waals surface area contributed by atoms with Gasteiger partial charge in [0, 0.05) is 37.9 Å². The van der Waals surface area contributed by atoms with Crippen LogP contribution in [0.25, 0.3) is 0 Å². The molecule has 0 bridgehead atoms. The predicted octanol–water partition coefficient (Wildman–Crippen LogP) is 4.07. The number of aromatic nitrogens is 2. The third kappa shape index (κ3) is 4.67. The molecule has 5 nitrogen and oxygen atoms in total. The van der Waals surface area contributed by atoms with Crippen LogP contribution in [0.2, 0.25) is 0 Å². The Labute approximate surface area is 158 Å². The van der Waals surface area contributed by atoms with Crippen molar-refractivity contribution < 1.29 is 0 Å². The first-order valence-corrected chi connectivity index (χ1v) is 11.0. The van der Waals surface area contributed by atoms with E-state index in [-0.39, 0.29) is 0 Å². The van der Waals surface area contributed by atoms with Crippen molar-refractivity contribution in [2.45, 2.75) is 82.7 Å². The summed E-state index contributed by atoms with van der Waals surface area (Å²) in [7, 11) is 0. The Morgan fingerprint density at radius 1 is 0.846 bits per heavy atom. The fourth-order valence-electron chi connectivity index (χ4n) is 4.98. The number of nitrogens with zero attached hydrogens (tertiary/aromatic N) is 4. The molecule has 144 valence electrons. The molecule has 1 aliphatic carbocycles. The monoisotopic (exact) mass is 357 g/mol. The van der Waals surface area contributed by atoms with Crippen LogP contribution in [0.3, 0.4) is 0 Å². The predicted molar refractivity (Wildman–Crippen MR) is 108 cm³/mol. The van der Waals surface area contributed by atoms with Crippen molar-refractivity contribution in [2.24, 2.45) is 0 Å². The van der Waals surface area contributed by atoms with E-state index in [2.05, 4.69) is 26.2 Å². The van der Waals surface area contributed by atoms with Crippen LogP contribution in [0.4, 0.5) is 11.8 Å². The van der Waals surface area contributed by atoms with Gasteiger partial charge in [-0.1, -0.05) is 32.1 Å². The van der Waals surface area contributed by atoms with Crippen LogP contribution in [0.15, 0.2) is 12.3 Å². The molecule has 1 N–H and O–H groups in total. The summed E-state index contributed by atoms with van der Waals surface area (Å²) >= 11 is 0. The quantitative estimate of drug-likeness (QED) is 0.880. The van der Waals surface area contributed by atoms with E-state index in [0.29, 0.717) is 6.04 Å². The Bertz CT molecular complexity index is 549. The number of anilines is 2. The van der Waals surface area contributed by atoms with Crippen LogP contribution in [-0.2, 0) is 0 Å². The van der Waals surface area contributed by atoms with Crippen molar-refractivity contribution in [3.05, 3.63) is 12.3 Å². The highest BCUT2D eigenvalue weighted by Crippen LogP contribution is 2.26. The van der Waals surface area contributed by atoms with Gasteiger partial charge in [0.25, 0.3) is 0 Å². The zero-order valence-electron chi connectivity index (χ0n) is 16.2. The maximum atomic E-state index is 4.85. The number of piperidine rings is 1. The van der Waals surface area contributed by atoms with Gasteiger partial charge in [-0.25, -0.2) is 4.98 Å². The summed E-state index contributed by atoms with van der Waals surface area (Å²) in [6.07, 6.45) is 16.8. The topological polar surface area (TPSA) is 44.3 Å². The van der Waals surface area contributed by atoms with Gasteiger partial charge in [0.05, 0.1) is 0 Å². The summed E-state index contributed by atoms with van der Waals surface area (Å²) in [5, 5.41) is 3.65. The molecule has 26 heavy (non-hydrogen) atoms.